The molecule has 1 aromatic carbocycles. The molecule has 0 radical (unpaired) electrons. The summed E-state index contributed by atoms with van der Waals surface area (Å²) in [4.78, 5) is 15.2. The van der Waals surface area contributed by atoms with Gasteiger partial charge in [0.05, 0.1) is 23.1 Å². The normalized spacial score (nSPS) is 24.9. The first-order valence-corrected chi connectivity index (χ1v) is 8.94. The molecule has 1 N–H and O–H groups in total. The number of hydrogen-bond acceptors (Lipinski definition) is 3. The zero-order chi connectivity index (χ0) is 16.1. The van der Waals surface area contributed by atoms with Gasteiger partial charge in [-0.1, -0.05) is 18.2 Å². The Morgan fingerprint density at radius 1 is 1.08 bits per heavy atom. The number of para-hydroxylation sites is 1. The van der Waals surface area contributed by atoms with Gasteiger partial charge < -0.3 is 10.2 Å². The zero-order valence-electron chi connectivity index (χ0n) is 14.1. The Kier molecular flexibility index (Phi) is 4.29. The zero-order valence-corrected chi connectivity index (χ0v) is 14.9. The van der Waals surface area contributed by atoms with Crippen LogP contribution in [-0.4, -0.2) is 46.8 Å². The van der Waals surface area contributed by atoms with Crippen molar-refractivity contribution in [3.05, 3.63) is 47.8 Å². The fraction of sp³-hybridized carbons (Fsp3) is 0.474. The molecule has 1 amide bonds. The predicted octanol–water partition coefficient (Wildman–Crippen LogP) is 2.46. The Hall–Kier alpha value is -1.85. The number of fused-ring (bicyclic) bond motifs is 1. The number of aromatic nitrogens is 2. The lowest BCUT2D eigenvalue weighted by Crippen LogP contribution is -2.32. The van der Waals surface area contributed by atoms with Crippen molar-refractivity contribution >= 4 is 18.3 Å². The highest BCUT2D eigenvalue weighted by atomic mass is 35.5. The van der Waals surface area contributed by atoms with Crippen molar-refractivity contribution in [3.8, 4) is 5.69 Å². The van der Waals surface area contributed by atoms with Crippen molar-refractivity contribution in [2.24, 2.45) is 11.8 Å². The molecule has 5 rings (SSSR count). The number of rotatable bonds is 3. The van der Waals surface area contributed by atoms with Crippen molar-refractivity contribution in [3.63, 3.8) is 0 Å². The van der Waals surface area contributed by atoms with Gasteiger partial charge in [0.2, 0.25) is 0 Å². The van der Waals surface area contributed by atoms with Crippen LogP contribution in [0.5, 0.6) is 0 Å². The molecular formula is C19H23ClN4O. The first-order valence-electron chi connectivity index (χ1n) is 8.94. The lowest BCUT2D eigenvalue weighted by molar-refractivity contribution is 0.0780. The second kappa shape index (κ2) is 6.46. The van der Waals surface area contributed by atoms with E-state index >= 15 is 0 Å². The Balaban J connectivity index is 0.00000157. The molecule has 0 spiro atoms. The van der Waals surface area contributed by atoms with Crippen LogP contribution in [0.15, 0.2) is 36.5 Å². The second-order valence-corrected chi connectivity index (χ2v) is 7.35. The fourth-order valence-corrected chi connectivity index (χ4v) is 4.24. The third-order valence-electron chi connectivity index (χ3n) is 5.68. The van der Waals surface area contributed by atoms with Crippen molar-refractivity contribution in [1.82, 2.24) is 20.0 Å². The van der Waals surface area contributed by atoms with E-state index in [0.717, 1.165) is 56.0 Å². The molecule has 1 aliphatic carbocycles. The lowest BCUT2D eigenvalue weighted by atomic mass is 10.0. The largest absolute Gasteiger partial charge is 0.338 e. The number of benzene rings is 1. The van der Waals surface area contributed by atoms with Gasteiger partial charge in [-0.3, -0.25) is 4.79 Å². The molecule has 25 heavy (non-hydrogen) atoms. The second-order valence-electron chi connectivity index (χ2n) is 7.35. The third-order valence-corrected chi connectivity index (χ3v) is 5.68. The van der Waals surface area contributed by atoms with Crippen LogP contribution in [0.4, 0.5) is 0 Å². The van der Waals surface area contributed by atoms with Gasteiger partial charge in [0.25, 0.3) is 5.91 Å². The highest BCUT2D eigenvalue weighted by Gasteiger charge is 2.40. The van der Waals surface area contributed by atoms with E-state index in [1.165, 1.54) is 0 Å². The number of carbonyl (C=O) groups is 1. The minimum atomic E-state index is 0. The number of amides is 1. The van der Waals surface area contributed by atoms with E-state index in [0.29, 0.717) is 17.8 Å². The predicted molar refractivity (Wildman–Crippen MR) is 98.5 cm³/mol. The van der Waals surface area contributed by atoms with Gasteiger partial charge in [-0.05, 0) is 36.8 Å². The van der Waals surface area contributed by atoms with E-state index in [2.05, 4.69) is 27.4 Å². The van der Waals surface area contributed by atoms with Crippen molar-refractivity contribution in [1.29, 1.82) is 0 Å². The average molecular weight is 359 g/mol. The lowest BCUT2D eigenvalue weighted by Gasteiger charge is -2.18. The standard InChI is InChI=1S/C19H22N4O.ClH/c24-19(22-11-14-8-20-9-15(14)12-22)17-10-21-23(18(17)13-6-7-13)16-4-2-1-3-5-16;/h1-5,10,13-15,20H,6-9,11-12H2;1H/t14-,15+;. The first kappa shape index (κ1) is 16.6. The molecule has 2 saturated heterocycles. The smallest absolute Gasteiger partial charge is 0.257 e. The molecule has 1 aromatic heterocycles. The molecule has 0 unspecified atom stereocenters. The summed E-state index contributed by atoms with van der Waals surface area (Å²) in [7, 11) is 0. The van der Waals surface area contributed by atoms with Gasteiger partial charge in [-0.2, -0.15) is 5.10 Å². The Morgan fingerprint density at radius 3 is 2.40 bits per heavy atom. The third kappa shape index (κ3) is 2.85. The van der Waals surface area contributed by atoms with E-state index in [1.54, 1.807) is 6.20 Å². The van der Waals surface area contributed by atoms with E-state index in [-0.39, 0.29) is 18.3 Å². The molecule has 5 nitrogen and oxygen atoms in total. The van der Waals surface area contributed by atoms with Crippen LogP contribution in [0, 0.1) is 11.8 Å². The molecule has 3 fully saturated rings. The van der Waals surface area contributed by atoms with Crippen LogP contribution in [0.25, 0.3) is 5.69 Å². The van der Waals surface area contributed by atoms with Crippen LogP contribution in [-0.2, 0) is 0 Å². The Bertz CT molecular complexity index is 759. The Morgan fingerprint density at radius 2 is 1.76 bits per heavy atom. The molecular weight excluding hydrogens is 336 g/mol. The highest BCUT2D eigenvalue weighted by molar-refractivity contribution is 5.95. The van der Waals surface area contributed by atoms with E-state index in [9.17, 15) is 4.79 Å². The van der Waals surface area contributed by atoms with Gasteiger partial charge in [-0.25, -0.2) is 4.68 Å². The SMILES string of the molecule is Cl.O=C(c1cnn(-c2ccccc2)c1C1CC1)N1C[C@H]2CNC[C@H]2C1. The first-order chi connectivity index (χ1) is 11.8. The Labute approximate surface area is 153 Å². The number of carbonyl (C=O) groups excluding carboxylic acids is 1. The maximum Gasteiger partial charge on any atom is 0.257 e. The molecule has 2 aromatic rings. The van der Waals surface area contributed by atoms with Gasteiger partial charge in [-0.15, -0.1) is 12.4 Å². The van der Waals surface area contributed by atoms with E-state index in [4.69, 9.17) is 0 Å². The maximum atomic E-state index is 13.1. The summed E-state index contributed by atoms with van der Waals surface area (Å²) in [5, 5.41) is 8.00. The summed E-state index contributed by atoms with van der Waals surface area (Å²) in [5.41, 5.74) is 2.97. The topological polar surface area (TPSA) is 50.2 Å². The summed E-state index contributed by atoms with van der Waals surface area (Å²) in [6.07, 6.45) is 4.11. The molecule has 0 bridgehead atoms. The van der Waals surface area contributed by atoms with Gasteiger partial charge in [0, 0.05) is 32.1 Å². The monoisotopic (exact) mass is 358 g/mol. The van der Waals surface area contributed by atoms with Crippen LogP contribution in [0.1, 0.15) is 34.8 Å². The molecule has 2 atom stereocenters. The highest BCUT2D eigenvalue weighted by Crippen LogP contribution is 2.43. The number of nitrogens with one attached hydrogen (secondary N) is 1. The molecule has 6 heteroatoms. The summed E-state index contributed by atoms with van der Waals surface area (Å²) >= 11 is 0. The van der Waals surface area contributed by atoms with Crippen LogP contribution in [0.2, 0.25) is 0 Å². The summed E-state index contributed by atoms with van der Waals surface area (Å²) in [6, 6.07) is 10.2. The number of hydrogen-bond donors (Lipinski definition) is 1. The molecule has 132 valence electrons. The molecule has 3 heterocycles. The molecule has 3 aliphatic rings. The average Bonchev–Trinajstić information content (AvgIpc) is 3.03. The van der Waals surface area contributed by atoms with Gasteiger partial charge >= 0.3 is 0 Å². The summed E-state index contributed by atoms with van der Waals surface area (Å²) in [6.45, 7) is 3.87. The molecule has 1 saturated carbocycles. The maximum absolute atomic E-state index is 13.1. The number of nitrogens with zero attached hydrogens (tertiary/aromatic N) is 3. The van der Waals surface area contributed by atoms with Crippen molar-refractivity contribution in [2.75, 3.05) is 26.2 Å². The quantitative estimate of drug-likeness (QED) is 0.917. The van der Waals surface area contributed by atoms with Crippen LogP contribution >= 0.6 is 12.4 Å². The summed E-state index contributed by atoms with van der Waals surface area (Å²) in [5.74, 6) is 1.91. The number of likely N-dealkylation sites (tertiary alicyclic amines) is 1. The van der Waals surface area contributed by atoms with E-state index in [1.807, 2.05) is 22.9 Å². The minimum absolute atomic E-state index is 0. The summed E-state index contributed by atoms with van der Waals surface area (Å²) < 4.78 is 1.98. The van der Waals surface area contributed by atoms with Crippen LogP contribution < -0.4 is 5.32 Å². The van der Waals surface area contributed by atoms with E-state index < -0.39 is 0 Å². The molecule has 2 aliphatic heterocycles. The van der Waals surface area contributed by atoms with Gasteiger partial charge in [0.1, 0.15) is 0 Å². The van der Waals surface area contributed by atoms with Crippen LogP contribution in [0.3, 0.4) is 0 Å². The van der Waals surface area contributed by atoms with Gasteiger partial charge in [0.15, 0.2) is 0 Å². The van der Waals surface area contributed by atoms with Crippen molar-refractivity contribution < 1.29 is 4.79 Å². The number of halogens is 1. The fourth-order valence-electron chi connectivity index (χ4n) is 4.24. The van der Waals surface area contributed by atoms with Crippen molar-refractivity contribution in [2.45, 2.75) is 18.8 Å². The minimum Gasteiger partial charge on any atom is -0.338 e.